The van der Waals surface area contributed by atoms with Gasteiger partial charge in [-0.15, -0.1) is 11.3 Å². The molecule has 1 atom stereocenters. The third-order valence-electron chi connectivity index (χ3n) is 3.95. The van der Waals surface area contributed by atoms with E-state index in [0.717, 1.165) is 16.6 Å². The molecule has 0 aromatic carbocycles. The van der Waals surface area contributed by atoms with Crippen molar-refractivity contribution in [3.63, 3.8) is 0 Å². The Kier molecular flexibility index (Phi) is 3.78. The third kappa shape index (κ3) is 2.73. The highest BCUT2D eigenvalue weighted by molar-refractivity contribution is 7.11. The Bertz CT molecular complexity index is 580. The molecule has 1 aliphatic rings. The molecular formula is C15H22N4S. The molecular weight excluding hydrogens is 268 g/mol. The minimum absolute atomic E-state index is 0.235. The maximum atomic E-state index is 4.66. The van der Waals surface area contributed by atoms with Crippen LogP contribution in [0.2, 0.25) is 0 Å². The molecule has 4 nitrogen and oxygen atoms in total. The van der Waals surface area contributed by atoms with Gasteiger partial charge in [-0.1, -0.05) is 12.8 Å². The van der Waals surface area contributed by atoms with Crippen molar-refractivity contribution >= 4 is 17.3 Å². The van der Waals surface area contributed by atoms with Crippen LogP contribution in [0.15, 0.2) is 12.4 Å². The molecule has 1 unspecified atom stereocenters. The molecule has 2 aromatic heterocycles. The molecule has 0 saturated heterocycles. The van der Waals surface area contributed by atoms with Gasteiger partial charge in [0.2, 0.25) is 5.95 Å². The minimum atomic E-state index is 0.235. The first-order chi connectivity index (χ1) is 9.63. The number of rotatable bonds is 4. The van der Waals surface area contributed by atoms with Crippen LogP contribution in [0.1, 0.15) is 54.2 Å². The van der Waals surface area contributed by atoms with E-state index in [4.69, 9.17) is 0 Å². The van der Waals surface area contributed by atoms with Crippen LogP contribution in [0.25, 0.3) is 0 Å². The molecule has 1 saturated carbocycles. The van der Waals surface area contributed by atoms with Crippen LogP contribution in [-0.4, -0.2) is 20.6 Å². The average Bonchev–Trinajstić information content (AvgIpc) is 3.11. The number of aromatic nitrogens is 3. The number of aryl methyl sites for hydroxylation is 2. The summed E-state index contributed by atoms with van der Waals surface area (Å²) in [5.74, 6) is 0.995. The Morgan fingerprint density at radius 1 is 1.35 bits per heavy atom. The molecule has 0 amide bonds. The zero-order valence-corrected chi connectivity index (χ0v) is 13.2. The fourth-order valence-corrected chi connectivity index (χ4v) is 3.68. The monoisotopic (exact) mass is 290 g/mol. The number of anilines is 1. The second kappa shape index (κ2) is 5.56. The van der Waals surface area contributed by atoms with Crippen LogP contribution < -0.4 is 5.32 Å². The second-order valence-corrected chi connectivity index (χ2v) is 6.99. The predicted molar refractivity (Wildman–Crippen MR) is 83.5 cm³/mol. The van der Waals surface area contributed by atoms with Gasteiger partial charge in [-0.05, 0) is 33.6 Å². The van der Waals surface area contributed by atoms with Gasteiger partial charge in [0, 0.05) is 23.3 Å². The summed E-state index contributed by atoms with van der Waals surface area (Å²) in [7, 11) is 0. The van der Waals surface area contributed by atoms with Crippen LogP contribution in [0.3, 0.4) is 0 Å². The summed E-state index contributed by atoms with van der Waals surface area (Å²) in [5.41, 5.74) is 1.06. The van der Waals surface area contributed by atoms with Gasteiger partial charge in [0.1, 0.15) is 5.01 Å². The van der Waals surface area contributed by atoms with E-state index in [2.05, 4.69) is 46.8 Å². The van der Waals surface area contributed by atoms with E-state index in [0.29, 0.717) is 6.04 Å². The molecule has 0 aliphatic heterocycles. The summed E-state index contributed by atoms with van der Waals surface area (Å²) in [6, 6.07) is 0.819. The van der Waals surface area contributed by atoms with Crippen molar-refractivity contribution in [2.24, 2.45) is 0 Å². The van der Waals surface area contributed by atoms with Crippen LogP contribution >= 0.6 is 11.3 Å². The molecule has 5 heteroatoms. The van der Waals surface area contributed by atoms with Crippen molar-refractivity contribution in [3.05, 3.63) is 28.0 Å². The molecule has 1 N–H and O–H groups in total. The zero-order valence-electron chi connectivity index (χ0n) is 12.4. The highest BCUT2D eigenvalue weighted by Gasteiger charge is 2.20. The largest absolute Gasteiger partial charge is 0.353 e. The van der Waals surface area contributed by atoms with Gasteiger partial charge < -0.3 is 9.88 Å². The summed E-state index contributed by atoms with van der Waals surface area (Å²) in [4.78, 5) is 10.4. The van der Waals surface area contributed by atoms with Crippen LogP contribution in [0.5, 0.6) is 0 Å². The highest BCUT2D eigenvalue weighted by atomic mass is 32.1. The van der Waals surface area contributed by atoms with Crippen molar-refractivity contribution in [1.82, 2.24) is 14.5 Å². The average molecular weight is 290 g/mol. The lowest BCUT2D eigenvalue weighted by atomic mass is 10.2. The lowest BCUT2D eigenvalue weighted by Crippen LogP contribution is -2.19. The van der Waals surface area contributed by atoms with Gasteiger partial charge >= 0.3 is 0 Å². The Labute approximate surface area is 124 Å². The Balaban J connectivity index is 1.84. The van der Waals surface area contributed by atoms with Crippen LogP contribution in [0, 0.1) is 13.8 Å². The fourth-order valence-electron chi connectivity index (χ4n) is 2.86. The number of imidazole rings is 1. The lowest BCUT2D eigenvalue weighted by Gasteiger charge is -2.18. The van der Waals surface area contributed by atoms with Crippen LogP contribution in [-0.2, 0) is 0 Å². The molecule has 0 radical (unpaired) electrons. The number of nitrogens with zero attached hydrogens (tertiary/aromatic N) is 3. The topological polar surface area (TPSA) is 42.7 Å². The van der Waals surface area contributed by atoms with Crippen molar-refractivity contribution in [3.8, 4) is 0 Å². The van der Waals surface area contributed by atoms with E-state index in [-0.39, 0.29) is 6.04 Å². The zero-order chi connectivity index (χ0) is 14.1. The number of nitrogens with one attached hydrogen (secondary N) is 1. The molecule has 1 aliphatic carbocycles. The fraction of sp³-hybridized carbons (Fsp3) is 0.600. The van der Waals surface area contributed by atoms with Crippen molar-refractivity contribution < 1.29 is 0 Å². The van der Waals surface area contributed by atoms with Crippen LogP contribution in [0.4, 0.5) is 5.95 Å². The van der Waals surface area contributed by atoms with Gasteiger partial charge in [0.15, 0.2) is 0 Å². The summed E-state index contributed by atoms with van der Waals surface area (Å²) < 4.78 is 2.23. The first-order valence-corrected chi connectivity index (χ1v) is 8.19. The Morgan fingerprint density at radius 3 is 2.75 bits per heavy atom. The SMILES string of the molecule is Cc1cn(C(C)c2ncc(C)s2)c(NC2CCCC2)n1. The van der Waals surface area contributed by atoms with Crippen molar-refractivity contribution in [2.75, 3.05) is 5.32 Å². The van der Waals surface area contributed by atoms with Crippen molar-refractivity contribution in [1.29, 1.82) is 0 Å². The first-order valence-electron chi connectivity index (χ1n) is 7.38. The predicted octanol–water partition coefficient (Wildman–Crippen LogP) is 3.92. The quantitative estimate of drug-likeness (QED) is 0.928. The highest BCUT2D eigenvalue weighted by Crippen LogP contribution is 2.28. The van der Waals surface area contributed by atoms with E-state index in [9.17, 15) is 0 Å². The standard InChI is InChI=1S/C15H22N4S/c1-10-9-19(12(3)14-16-8-11(2)20-14)15(17-10)18-13-6-4-5-7-13/h8-9,12-13H,4-7H2,1-3H3,(H,17,18). The normalized spacial score (nSPS) is 17.6. The number of thiazole rings is 1. The molecule has 1 fully saturated rings. The maximum absolute atomic E-state index is 4.66. The Hall–Kier alpha value is -1.36. The van der Waals surface area contributed by atoms with Gasteiger partial charge in [-0.3, -0.25) is 0 Å². The third-order valence-corrected chi connectivity index (χ3v) is 5.04. The van der Waals surface area contributed by atoms with E-state index < -0.39 is 0 Å². The summed E-state index contributed by atoms with van der Waals surface area (Å²) in [6.45, 7) is 6.35. The minimum Gasteiger partial charge on any atom is -0.353 e. The molecule has 0 bridgehead atoms. The lowest BCUT2D eigenvalue weighted by molar-refractivity contribution is 0.626. The van der Waals surface area contributed by atoms with Gasteiger partial charge in [0.05, 0.1) is 11.7 Å². The van der Waals surface area contributed by atoms with Gasteiger partial charge in [-0.2, -0.15) is 0 Å². The molecule has 108 valence electrons. The van der Waals surface area contributed by atoms with E-state index in [1.807, 2.05) is 6.20 Å². The summed E-state index contributed by atoms with van der Waals surface area (Å²) in [6.07, 6.45) is 9.26. The molecule has 0 spiro atoms. The molecule has 2 heterocycles. The molecule has 2 aromatic rings. The molecule has 3 rings (SSSR count). The maximum Gasteiger partial charge on any atom is 0.203 e. The smallest absolute Gasteiger partial charge is 0.203 e. The second-order valence-electron chi connectivity index (χ2n) is 5.72. The Morgan fingerprint density at radius 2 is 2.10 bits per heavy atom. The van der Waals surface area contributed by atoms with Gasteiger partial charge in [0.25, 0.3) is 0 Å². The summed E-state index contributed by atoms with van der Waals surface area (Å²) >= 11 is 1.76. The first kappa shape index (κ1) is 13.6. The van der Waals surface area contributed by atoms with E-state index in [1.165, 1.54) is 30.6 Å². The van der Waals surface area contributed by atoms with E-state index >= 15 is 0 Å². The van der Waals surface area contributed by atoms with Crippen molar-refractivity contribution in [2.45, 2.75) is 58.5 Å². The van der Waals surface area contributed by atoms with Gasteiger partial charge in [-0.25, -0.2) is 9.97 Å². The molecule has 20 heavy (non-hydrogen) atoms. The summed E-state index contributed by atoms with van der Waals surface area (Å²) in [5, 5.41) is 4.76. The van der Waals surface area contributed by atoms with E-state index in [1.54, 1.807) is 11.3 Å². The number of hydrogen-bond donors (Lipinski definition) is 1. The number of hydrogen-bond acceptors (Lipinski definition) is 4.